The van der Waals surface area contributed by atoms with Crippen LogP contribution in [0.15, 0.2) is 24.3 Å². The van der Waals surface area contributed by atoms with E-state index in [1.165, 1.54) is 12.1 Å². The Morgan fingerprint density at radius 2 is 1.91 bits per heavy atom. The smallest absolute Gasteiger partial charge is 0.362 e. The minimum absolute atomic E-state index is 0.0757. The Hall–Kier alpha value is -1.35. The van der Waals surface area contributed by atoms with Crippen LogP contribution in [0.2, 0.25) is 0 Å². The van der Waals surface area contributed by atoms with Crippen LogP contribution in [0.5, 0.6) is 0 Å². The molecule has 1 aliphatic heterocycles. The van der Waals surface area contributed by atoms with E-state index in [0.29, 0.717) is 5.56 Å². The molecule has 0 atom stereocenters. The molecule has 1 aromatic rings. The quantitative estimate of drug-likeness (QED) is 0.845. The zero-order valence-corrected chi connectivity index (χ0v) is 13.2. The molecule has 1 heterocycles. The largest absolute Gasteiger partial charge is 0.516 e. The van der Waals surface area contributed by atoms with E-state index in [4.69, 9.17) is 12.2 Å². The summed E-state index contributed by atoms with van der Waals surface area (Å²) in [6.07, 6.45) is 2.72. The Morgan fingerprint density at radius 1 is 1.23 bits per heavy atom. The second-order valence-corrected chi connectivity index (χ2v) is 7.13. The Kier molecular flexibility index (Phi) is 4.96. The molecule has 1 saturated heterocycles. The van der Waals surface area contributed by atoms with Crippen LogP contribution in [0.1, 0.15) is 24.8 Å². The molecule has 0 spiro atoms. The molecule has 9 heteroatoms. The first-order valence-corrected chi connectivity index (χ1v) is 8.54. The zero-order chi connectivity index (χ0) is 16.4. The minimum Gasteiger partial charge on any atom is -0.362 e. The van der Waals surface area contributed by atoms with Gasteiger partial charge in [-0.15, -0.1) is 0 Å². The third-order valence-electron chi connectivity index (χ3n) is 3.35. The van der Waals surface area contributed by atoms with Crippen LogP contribution in [0, 0.1) is 0 Å². The van der Waals surface area contributed by atoms with Crippen molar-refractivity contribution in [3.63, 3.8) is 0 Å². The number of hydrogen-bond acceptors (Lipinski definition) is 3. The number of hydrogen-bond donors (Lipinski definition) is 1. The van der Waals surface area contributed by atoms with Crippen LogP contribution in [0.4, 0.5) is 18.9 Å². The number of nitrogens with one attached hydrogen (secondary N) is 1. The summed E-state index contributed by atoms with van der Waals surface area (Å²) in [5, 5.41) is 0. The molecule has 1 aliphatic rings. The molecular weight excluding hydrogens is 337 g/mol. The van der Waals surface area contributed by atoms with E-state index in [9.17, 15) is 21.6 Å². The standard InChI is InChI=1S/C13H15F3N2O2S2/c14-13(15,16)22(19,20)17-11-6-2-1-5-10(11)9-18-8-4-3-7-12(18)21/h1-2,5-6,17H,3-4,7-9H2. The molecule has 0 unspecified atom stereocenters. The van der Waals surface area contributed by atoms with Crippen molar-refractivity contribution in [2.45, 2.75) is 31.3 Å². The molecule has 2 rings (SSSR count). The van der Waals surface area contributed by atoms with Gasteiger partial charge in [0.1, 0.15) is 0 Å². The average Bonchev–Trinajstić information content (AvgIpc) is 2.42. The summed E-state index contributed by atoms with van der Waals surface area (Å²) < 4.78 is 61.6. The molecule has 0 saturated carbocycles. The van der Waals surface area contributed by atoms with Crippen molar-refractivity contribution < 1.29 is 21.6 Å². The molecule has 1 N–H and O–H groups in total. The Bertz CT molecular complexity index is 659. The van der Waals surface area contributed by atoms with Crippen molar-refractivity contribution in [2.75, 3.05) is 11.3 Å². The van der Waals surface area contributed by atoms with Gasteiger partial charge in [0.05, 0.1) is 10.7 Å². The lowest BCUT2D eigenvalue weighted by Crippen LogP contribution is -2.34. The van der Waals surface area contributed by atoms with E-state index >= 15 is 0 Å². The van der Waals surface area contributed by atoms with Crippen LogP contribution in [0.3, 0.4) is 0 Å². The van der Waals surface area contributed by atoms with Gasteiger partial charge in [0, 0.05) is 13.1 Å². The lowest BCUT2D eigenvalue weighted by molar-refractivity contribution is -0.0429. The summed E-state index contributed by atoms with van der Waals surface area (Å²) in [6, 6.07) is 6.02. The van der Waals surface area contributed by atoms with E-state index < -0.39 is 15.5 Å². The highest BCUT2D eigenvalue weighted by Crippen LogP contribution is 2.28. The topological polar surface area (TPSA) is 49.4 Å². The van der Waals surface area contributed by atoms with E-state index in [1.807, 2.05) is 4.90 Å². The van der Waals surface area contributed by atoms with Crippen LogP contribution < -0.4 is 4.72 Å². The highest BCUT2D eigenvalue weighted by Gasteiger charge is 2.46. The molecule has 22 heavy (non-hydrogen) atoms. The van der Waals surface area contributed by atoms with Crippen molar-refractivity contribution in [1.29, 1.82) is 0 Å². The number of para-hydroxylation sites is 1. The first-order chi connectivity index (χ1) is 10.2. The molecule has 122 valence electrons. The van der Waals surface area contributed by atoms with Gasteiger partial charge in [0.15, 0.2) is 0 Å². The molecule has 0 aromatic heterocycles. The molecular formula is C13H15F3N2O2S2. The number of likely N-dealkylation sites (tertiary alicyclic amines) is 1. The molecule has 1 fully saturated rings. The number of nitrogens with zero attached hydrogens (tertiary/aromatic N) is 1. The predicted octanol–water partition coefficient (Wildman–Crippen LogP) is 3.26. The van der Waals surface area contributed by atoms with Gasteiger partial charge in [-0.05, 0) is 30.9 Å². The maximum Gasteiger partial charge on any atom is 0.516 e. The van der Waals surface area contributed by atoms with E-state index in [-0.39, 0.29) is 12.2 Å². The summed E-state index contributed by atoms with van der Waals surface area (Å²) in [7, 11) is -5.43. The number of rotatable bonds is 4. The summed E-state index contributed by atoms with van der Waals surface area (Å²) in [5.74, 6) is 0. The van der Waals surface area contributed by atoms with E-state index in [0.717, 1.165) is 30.8 Å². The lowest BCUT2D eigenvalue weighted by Gasteiger charge is -2.30. The van der Waals surface area contributed by atoms with E-state index in [2.05, 4.69) is 0 Å². The fourth-order valence-corrected chi connectivity index (χ4v) is 3.10. The lowest BCUT2D eigenvalue weighted by atomic mass is 10.1. The number of thiocarbonyl (C=S) groups is 1. The fourth-order valence-electron chi connectivity index (χ4n) is 2.19. The molecule has 0 bridgehead atoms. The van der Waals surface area contributed by atoms with Crippen LogP contribution in [-0.2, 0) is 16.6 Å². The van der Waals surface area contributed by atoms with Crippen molar-refractivity contribution in [2.24, 2.45) is 0 Å². The van der Waals surface area contributed by atoms with Gasteiger partial charge < -0.3 is 4.90 Å². The fraction of sp³-hybridized carbons (Fsp3) is 0.462. The highest BCUT2D eigenvalue weighted by molar-refractivity contribution is 7.93. The third kappa shape index (κ3) is 3.89. The SMILES string of the molecule is O=S(=O)(Nc1ccccc1CN1CCCCC1=S)C(F)(F)F. The van der Waals surface area contributed by atoms with Gasteiger partial charge >= 0.3 is 15.5 Å². The Labute approximate surface area is 132 Å². The summed E-state index contributed by atoms with van der Waals surface area (Å²) in [5.41, 5.74) is -4.96. The number of anilines is 1. The highest BCUT2D eigenvalue weighted by atomic mass is 32.2. The van der Waals surface area contributed by atoms with Gasteiger partial charge in [-0.25, -0.2) is 0 Å². The first kappa shape index (κ1) is 17.0. The van der Waals surface area contributed by atoms with Gasteiger partial charge in [0.2, 0.25) is 0 Å². The van der Waals surface area contributed by atoms with Gasteiger partial charge in [-0.2, -0.15) is 21.6 Å². The second kappa shape index (κ2) is 6.41. The molecule has 4 nitrogen and oxygen atoms in total. The van der Waals surface area contributed by atoms with Crippen molar-refractivity contribution in [3.05, 3.63) is 29.8 Å². The maximum absolute atomic E-state index is 12.5. The normalized spacial score (nSPS) is 16.7. The number of piperidine rings is 1. The number of alkyl halides is 3. The van der Waals surface area contributed by atoms with Crippen molar-refractivity contribution in [1.82, 2.24) is 4.90 Å². The third-order valence-corrected chi connectivity index (χ3v) is 4.91. The van der Waals surface area contributed by atoms with Crippen molar-refractivity contribution in [3.8, 4) is 0 Å². The van der Waals surface area contributed by atoms with Gasteiger partial charge in [-0.1, -0.05) is 30.4 Å². The van der Waals surface area contributed by atoms with Gasteiger partial charge in [0.25, 0.3) is 0 Å². The summed E-state index contributed by atoms with van der Waals surface area (Å²) >= 11 is 5.25. The van der Waals surface area contributed by atoms with Crippen molar-refractivity contribution >= 4 is 32.9 Å². The second-order valence-electron chi connectivity index (χ2n) is 4.98. The Morgan fingerprint density at radius 3 is 2.55 bits per heavy atom. The summed E-state index contributed by atoms with van der Waals surface area (Å²) in [6.45, 7) is 1.01. The van der Waals surface area contributed by atoms with Crippen LogP contribution in [-0.4, -0.2) is 30.4 Å². The van der Waals surface area contributed by atoms with Crippen LogP contribution in [0.25, 0.3) is 0 Å². The minimum atomic E-state index is -5.43. The maximum atomic E-state index is 12.5. The molecule has 0 radical (unpaired) electrons. The number of sulfonamides is 1. The average molecular weight is 352 g/mol. The van der Waals surface area contributed by atoms with Crippen LogP contribution >= 0.6 is 12.2 Å². The zero-order valence-electron chi connectivity index (χ0n) is 11.6. The monoisotopic (exact) mass is 352 g/mol. The number of halogens is 3. The number of benzene rings is 1. The Balaban J connectivity index is 2.22. The molecule has 0 amide bonds. The van der Waals surface area contributed by atoms with Gasteiger partial charge in [-0.3, -0.25) is 4.72 Å². The summed E-state index contributed by atoms with van der Waals surface area (Å²) in [4.78, 5) is 2.64. The molecule has 1 aromatic carbocycles. The van der Waals surface area contributed by atoms with E-state index in [1.54, 1.807) is 16.9 Å². The first-order valence-electron chi connectivity index (χ1n) is 6.65. The molecule has 0 aliphatic carbocycles. The predicted molar refractivity (Wildman–Crippen MR) is 81.9 cm³/mol.